The van der Waals surface area contributed by atoms with Crippen molar-refractivity contribution in [3.05, 3.63) is 41.6 Å². The molecule has 1 fully saturated rings. The number of imide groups is 1. The Morgan fingerprint density at radius 1 is 1.29 bits per heavy atom. The highest BCUT2D eigenvalue weighted by molar-refractivity contribution is 8.18. The van der Waals surface area contributed by atoms with E-state index >= 15 is 0 Å². The van der Waals surface area contributed by atoms with Crippen LogP contribution in [0.15, 0.2) is 46.6 Å². The molecule has 0 radical (unpaired) electrons. The molecule has 0 bridgehead atoms. The number of carbonyl (C=O) groups is 2. The number of aromatic nitrogens is 2. The zero-order valence-electron chi connectivity index (χ0n) is 13.2. The van der Waals surface area contributed by atoms with E-state index in [0.717, 1.165) is 41.0 Å². The summed E-state index contributed by atoms with van der Waals surface area (Å²) in [4.78, 5) is 29.9. The molecular formula is C16H18ClN3O2S2. The van der Waals surface area contributed by atoms with Crippen molar-refractivity contribution in [2.24, 2.45) is 0 Å². The van der Waals surface area contributed by atoms with Crippen molar-refractivity contribution in [3.63, 3.8) is 0 Å². The van der Waals surface area contributed by atoms with Crippen molar-refractivity contribution in [2.75, 3.05) is 12.3 Å². The number of hydrogen-bond acceptors (Lipinski definition) is 5. The Balaban J connectivity index is 0.00000208. The summed E-state index contributed by atoms with van der Waals surface area (Å²) in [5.41, 5.74) is 0.944. The average Bonchev–Trinajstić information content (AvgIpc) is 3.13. The highest BCUT2D eigenvalue weighted by Gasteiger charge is 2.33. The number of thioether (sulfide) groups is 2. The lowest BCUT2D eigenvalue weighted by atomic mass is 10.3. The fourth-order valence-electron chi connectivity index (χ4n) is 2.37. The molecule has 0 aliphatic carbocycles. The maximum atomic E-state index is 11.9. The molecule has 0 aromatic carbocycles. The third-order valence-electron chi connectivity index (χ3n) is 3.55. The first-order chi connectivity index (χ1) is 11.2. The molecule has 128 valence electrons. The molecule has 0 atom stereocenters. The second kappa shape index (κ2) is 8.60. The minimum absolute atomic E-state index is 0. The summed E-state index contributed by atoms with van der Waals surface area (Å²) in [5, 5.41) is 0.999. The molecule has 0 saturated carbocycles. The van der Waals surface area contributed by atoms with Crippen molar-refractivity contribution < 1.29 is 9.59 Å². The van der Waals surface area contributed by atoms with Crippen LogP contribution in [-0.2, 0) is 4.79 Å². The molecule has 2 amide bonds. The van der Waals surface area contributed by atoms with Gasteiger partial charge in [0.25, 0.3) is 11.1 Å². The Kier molecular flexibility index (Phi) is 6.77. The van der Waals surface area contributed by atoms with Crippen LogP contribution in [0, 0.1) is 0 Å². The lowest BCUT2D eigenvalue weighted by Crippen LogP contribution is -2.29. The lowest BCUT2D eigenvalue weighted by Gasteiger charge is -2.12. The van der Waals surface area contributed by atoms with E-state index in [1.807, 2.05) is 18.3 Å². The summed E-state index contributed by atoms with van der Waals surface area (Å²) in [6, 6.07) is 6.05. The molecule has 1 aliphatic rings. The SMILES string of the molecule is C/C=C1\SC(=O)N(CCCCSc2cccc3nccn23)C1=O.Cl. The van der Waals surface area contributed by atoms with Gasteiger partial charge < -0.3 is 0 Å². The molecule has 1 aliphatic heterocycles. The quantitative estimate of drug-likeness (QED) is 0.424. The van der Waals surface area contributed by atoms with E-state index in [-0.39, 0.29) is 23.6 Å². The van der Waals surface area contributed by atoms with E-state index in [4.69, 9.17) is 0 Å². The monoisotopic (exact) mass is 383 g/mol. The van der Waals surface area contributed by atoms with Crippen molar-refractivity contribution in [1.29, 1.82) is 0 Å². The number of halogens is 1. The standard InChI is InChI=1S/C16H17N3O2S2.ClH/c1-2-12-15(20)19(16(21)23-12)9-3-4-11-22-14-7-5-6-13-17-8-10-18(13)14;/h2,5-8,10H,3-4,9,11H2,1H3;1H/b12-2-;. The molecule has 3 rings (SSSR count). The summed E-state index contributed by atoms with van der Waals surface area (Å²) < 4.78 is 2.06. The second-order valence-corrected chi connectivity index (χ2v) is 7.16. The number of amides is 2. The molecule has 2 aromatic rings. The normalized spacial score (nSPS) is 16.2. The summed E-state index contributed by atoms with van der Waals surface area (Å²) in [6.45, 7) is 2.28. The van der Waals surface area contributed by atoms with E-state index in [1.165, 1.54) is 4.90 Å². The van der Waals surface area contributed by atoms with E-state index < -0.39 is 0 Å². The third kappa shape index (κ3) is 3.96. The number of fused-ring (bicyclic) bond motifs is 1. The predicted molar refractivity (Wildman–Crippen MR) is 101 cm³/mol. The number of unbranched alkanes of at least 4 members (excludes halogenated alkanes) is 1. The first-order valence-electron chi connectivity index (χ1n) is 7.45. The maximum absolute atomic E-state index is 11.9. The fourth-order valence-corrected chi connectivity index (χ4v) is 4.19. The molecule has 8 heteroatoms. The van der Waals surface area contributed by atoms with Crippen LogP contribution in [0.25, 0.3) is 5.65 Å². The third-order valence-corrected chi connectivity index (χ3v) is 5.70. The van der Waals surface area contributed by atoms with Crippen LogP contribution in [0.2, 0.25) is 0 Å². The van der Waals surface area contributed by atoms with Gasteiger partial charge in [-0.1, -0.05) is 12.1 Å². The minimum atomic E-state index is -0.154. The number of pyridine rings is 1. The molecule has 1 saturated heterocycles. The summed E-state index contributed by atoms with van der Waals surface area (Å²) >= 11 is 2.79. The number of carbonyl (C=O) groups excluding carboxylic acids is 2. The van der Waals surface area contributed by atoms with Crippen LogP contribution >= 0.6 is 35.9 Å². The molecule has 3 heterocycles. The number of imidazole rings is 1. The summed E-state index contributed by atoms with van der Waals surface area (Å²) in [6.07, 6.45) is 7.21. The van der Waals surface area contributed by atoms with Crippen molar-refractivity contribution >= 4 is 52.7 Å². The van der Waals surface area contributed by atoms with Gasteiger partial charge in [0.05, 0.1) is 9.93 Å². The van der Waals surface area contributed by atoms with Gasteiger partial charge in [-0.25, -0.2) is 4.98 Å². The van der Waals surface area contributed by atoms with Gasteiger partial charge in [0.2, 0.25) is 0 Å². The van der Waals surface area contributed by atoms with Gasteiger partial charge in [0.15, 0.2) is 0 Å². The van der Waals surface area contributed by atoms with Crippen LogP contribution in [-0.4, -0.2) is 37.7 Å². The van der Waals surface area contributed by atoms with E-state index in [9.17, 15) is 9.59 Å². The smallest absolute Gasteiger partial charge is 0.293 e. The van der Waals surface area contributed by atoms with E-state index in [1.54, 1.807) is 31.0 Å². The first kappa shape index (κ1) is 18.9. The topological polar surface area (TPSA) is 54.7 Å². The number of nitrogens with zero attached hydrogens (tertiary/aromatic N) is 3. The highest BCUT2D eigenvalue weighted by Crippen LogP contribution is 2.30. The molecule has 0 unspecified atom stereocenters. The summed E-state index contributed by atoms with van der Waals surface area (Å²) in [5.74, 6) is 0.787. The Morgan fingerprint density at radius 2 is 2.12 bits per heavy atom. The number of hydrogen-bond donors (Lipinski definition) is 0. The fraction of sp³-hybridized carbons (Fsp3) is 0.312. The van der Waals surface area contributed by atoms with Gasteiger partial charge in [-0.2, -0.15) is 0 Å². The zero-order valence-corrected chi connectivity index (χ0v) is 15.6. The van der Waals surface area contributed by atoms with Crippen LogP contribution in [0.4, 0.5) is 4.79 Å². The van der Waals surface area contributed by atoms with Crippen LogP contribution in [0.5, 0.6) is 0 Å². The predicted octanol–water partition coefficient (Wildman–Crippen LogP) is 4.23. The highest BCUT2D eigenvalue weighted by atomic mass is 35.5. The second-order valence-electron chi connectivity index (χ2n) is 5.05. The van der Waals surface area contributed by atoms with E-state index in [0.29, 0.717) is 11.4 Å². The molecule has 2 aromatic heterocycles. The van der Waals surface area contributed by atoms with Gasteiger partial charge in [0, 0.05) is 18.9 Å². The zero-order chi connectivity index (χ0) is 16.2. The van der Waals surface area contributed by atoms with Gasteiger partial charge in [-0.3, -0.25) is 18.9 Å². The minimum Gasteiger partial charge on any atom is -0.294 e. The van der Waals surface area contributed by atoms with Gasteiger partial charge in [-0.05, 0) is 49.4 Å². The largest absolute Gasteiger partial charge is 0.294 e. The van der Waals surface area contributed by atoms with Crippen molar-refractivity contribution in [2.45, 2.75) is 24.8 Å². The van der Waals surface area contributed by atoms with Gasteiger partial charge in [-0.15, -0.1) is 24.2 Å². The van der Waals surface area contributed by atoms with Crippen molar-refractivity contribution in [1.82, 2.24) is 14.3 Å². The van der Waals surface area contributed by atoms with Crippen LogP contribution in [0.3, 0.4) is 0 Å². The van der Waals surface area contributed by atoms with E-state index in [2.05, 4.69) is 15.5 Å². The molecular weight excluding hydrogens is 366 g/mol. The number of allylic oxidation sites excluding steroid dienone is 1. The lowest BCUT2D eigenvalue weighted by molar-refractivity contribution is -0.122. The Bertz CT molecular complexity index is 776. The average molecular weight is 384 g/mol. The first-order valence-corrected chi connectivity index (χ1v) is 9.26. The number of rotatable bonds is 6. The maximum Gasteiger partial charge on any atom is 0.293 e. The molecule has 24 heavy (non-hydrogen) atoms. The van der Waals surface area contributed by atoms with Crippen LogP contribution in [0.1, 0.15) is 19.8 Å². The Morgan fingerprint density at radius 3 is 2.88 bits per heavy atom. The van der Waals surface area contributed by atoms with Crippen LogP contribution < -0.4 is 0 Å². The van der Waals surface area contributed by atoms with Gasteiger partial charge in [0.1, 0.15) is 5.65 Å². The van der Waals surface area contributed by atoms with Gasteiger partial charge >= 0.3 is 0 Å². The summed E-state index contributed by atoms with van der Waals surface area (Å²) in [7, 11) is 0. The van der Waals surface area contributed by atoms with Crippen molar-refractivity contribution in [3.8, 4) is 0 Å². The Hall–Kier alpha value is -1.44. The molecule has 5 nitrogen and oxygen atoms in total. The molecule has 0 N–H and O–H groups in total. The Labute approximate surface area is 155 Å². The molecule has 0 spiro atoms.